The van der Waals surface area contributed by atoms with Crippen LogP contribution in [0.5, 0.6) is 0 Å². The number of amides is 1. The van der Waals surface area contributed by atoms with Gasteiger partial charge in [0.15, 0.2) is 0 Å². The van der Waals surface area contributed by atoms with Crippen molar-refractivity contribution in [3.05, 3.63) is 29.3 Å². The number of nitrogens with zero attached hydrogens (tertiary/aromatic N) is 4. The molecular weight excluding hydrogens is 402 g/mol. The number of alkyl halides is 4. The summed E-state index contributed by atoms with van der Waals surface area (Å²) in [5.41, 5.74) is -0.378. The smallest absolute Gasteiger partial charge is 0.370 e. The Bertz CT molecular complexity index is 925. The van der Waals surface area contributed by atoms with Gasteiger partial charge in [-0.3, -0.25) is 4.79 Å². The van der Waals surface area contributed by atoms with Gasteiger partial charge in [0.25, 0.3) is 0 Å². The number of hydrogen-bond donors (Lipinski definition) is 1. The Labute approximate surface area is 170 Å². The van der Waals surface area contributed by atoms with Gasteiger partial charge in [0.2, 0.25) is 5.91 Å². The minimum atomic E-state index is -4.50. The van der Waals surface area contributed by atoms with Crippen molar-refractivity contribution >= 4 is 11.6 Å². The number of likely N-dealkylation sites (tertiary alicyclic amines) is 1. The zero-order valence-corrected chi connectivity index (χ0v) is 15.9. The van der Waals surface area contributed by atoms with Gasteiger partial charge in [-0.25, -0.2) is 4.39 Å². The minimum absolute atomic E-state index is 0.0110. The molecule has 1 saturated carbocycles. The highest BCUT2D eigenvalue weighted by Gasteiger charge is 2.56. The third-order valence-corrected chi connectivity index (χ3v) is 6.19. The number of hydrogen-bond acceptors (Lipinski definition) is 5. The first kappa shape index (κ1) is 20.4. The van der Waals surface area contributed by atoms with Crippen molar-refractivity contribution in [2.24, 2.45) is 11.8 Å². The monoisotopic (exact) mass is 421 g/mol. The molecule has 1 N–H and O–H groups in total. The van der Waals surface area contributed by atoms with Crippen LogP contribution in [0.3, 0.4) is 0 Å². The molecule has 0 radical (unpaired) electrons. The second-order valence-corrected chi connectivity index (χ2v) is 8.00. The Hall–Kier alpha value is -2.85. The van der Waals surface area contributed by atoms with E-state index >= 15 is 0 Å². The fourth-order valence-electron chi connectivity index (χ4n) is 4.59. The number of anilines is 1. The van der Waals surface area contributed by atoms with Gasteiger partial charge in [0.1, 0.15) is 18.3 Å². The molecule has 158 valence electrons. The highest BCUT2D eigenvalue weighted by molar-refractivity contribution is 5.79. The normalized spacial score (nSPS) is 30.0. The van der Waals surface area contributed by atoms with Crippen molar-refractivity contribution < 1.29 is 22.4 Å². The predicted molar refractivity (Wildman–Crippen MR) is 97.8 cm³/mol. The maximum atomic E-state index is 13.5. The number of carbonyl (C=O) groups is 1. The largest absolute Gasteiger partial charge is 0.416 e. The van der Waals surface area contributed by atoms with Gasteiger partial charge in [-0.15, -0.1) is 0 Å². The zero-order valence-electron chi connectivity index (χ0n) is 15.9. The highest BCUT2D eigenvalue weighted by Crippen LogP contribution is 2.47. The van der Waals surface area contributed by atoms with Crippen LogP contribution in [0, 0.1) is 34.5 Å². The lowest BCUT2D eigenvalue weighted by Crippen LogP contribution is -2.43. The van der Waals surface area contributed by atoms with Crippen LogP contribution in [-0.2, 0) is 11.0 Å². The fourth-order valence-corrected chi connectivity index (χ4v) is 4.59. The third kappa shape index (κ3) is 3.68. The zero-order chi connectivity index (χ0) is 21.6. The number of piperidine rings is 1. The summed E-state index contributed by atoms with van der Waals surface area (Å²) in [4.78, 5) is 15.5. The highest BCUT2D eigenvalue weighted by atomic mass is 19.4. The van der Waals surface area contributed by atoms with Crippen molar-refractivity contribution in [1.29, 1.82) is 10.5 Å². The van der Waals surface area contributed by atoms with Crippen LogP contribution in [0.4, 0.5) is 23.2 Å². The molecule has 2 saturated heterocycles. The summed E-state index contributed by atoms with van der Waals surface area (Å²) >= 11 is 0. The lowest BCUT2D eigenvalue weighted by Gasteiger charge is -2.24. The molecule has 2 heterocycles. The Balaban J connectivity index is 1.32. The number of halogens is 4. The third-order valence-electron chi connectivity index (χ3n) is 6.19. The molecule has 0 spiro atoms. The van der Waals surface area contributed by atoms with Crippen LogP contribution in [-0.4, -0.2) is 55.2 Å². The maximum Gasteiger partial charge on any atom is 0.416 e. The van der Waals surface area contributed by atoms with Crippen molar-refractivity contribution in [2.75, 3.05) is 31.1 Å². The van der Waals surface area contributed by atoms with E-state index in [1.165, 1.54) is 11.0 Å². The van der Waals surface area contributed by atoms with E-state index in [0.717, 1.165) is 12.1 Å². The lowest BCUT2D eigenvalue weighted by atomic mass is 10.1. The Morgan fingerprint density at radius 2 is 1.90 bits per heavy atom. The quantitative estimate of drug-likeness (QED) is 0.753. The SMILES string of the molecule is N#Cc1cc(C(F)(F)F)ccc1N1C[C@@H]2C(NCC(=O)N3C[C@@H](F)C[C@H]3C#N)[C@@H]2C1. The summed E-state index contributed by atoms with van der Waals surface area (Å²) in [5.74, 6) is 0.148. The van der Waals surface area contributed by atoms with E-state index in [0.29, 0.717) is 18.8 Å². The molecule has 30 heavy (non-hydrogen) atoms. The first-order valence-electron chi connectivity index (χ1n) is 9.65. The van der Waals surface area contributed by atoms with Crippen molar-refractivity contribution in [3.63, 3.8) is 0 Å². The summed E-state index contributed by atoms with van der Waals surface area (Å²) in [7, 11) is 0. The summed E-state index contributed by atoms with van der Waals surface area (Å²) < 4.78 is 52.1. The van der Waals surface area contributed by atoms with Gasteiger partial charge in [0, 0.05) is 25.6 Å². The summed E-state index contributed by atoms with van der Waals surface area (Å²) in [6.07, 6.45) is -5.63. The summed E-state index contributed by atoms with van der Waals surface area (Å²) in [5, 5.41) is 21.5. The molecule has 3 fully saturated rings. The van der Waals surface area contributed by atoms with E-state index in [9.17, 15) is 27.6 Å². The first-order valence-corrected chi connectivity index (χ1v) is 9.65. The van der Waals surface area contributed by atoms with Gasteiger partial charge < -0.3 is 15.1 Å². The minimum Gasteiger partial charge on any atom is -0.370 e. The number of benzene rings is 1. The molecular formula is C20H19F4N5O. The van der Waals surface area contributed by atoms with E-state index < -0.39 is 24.0 Å². The molecule has 1 aromatic carbocycles. The van der Waals surface area contributed by atoms with Crippen LogP contribution < -0.4 is 10.2 Å². The second-order valence-electron chi connectivity index (χ2n) is 8.00. The molecule has 1 amide bonds. The molecule has 5 atom stereocenters. The van der Waals surface area contributed by atoms with Gasteiger partial charge in [-0.05, 0) is 30.0 Å². The molecule has 2 aliphatic heterocycles. The van der Waals surface area contributed by atoms with E-state index in [1.54, 1.807) is 0 Å². The van der Waals surface area contributed by atoms with Crippen LogP contribution in [0.2, 0.25) is 0 Å². The van der Waals surface area contributed by atoms with E-state index in [-0.39, 0.29) is 48.9 Å². The number of fused-ring (bicyclic) bond motifs is 1. The standard InChI is InChI=1S/C20H19F4N5O/c21-13-4-14(6-26)29(8-13)18(30)7-27-19-15-9-28(10-16(15)19)17-2-1-12(20(22,23)24)3-11(17)5-25/h1-3,13-16,19,27H,4,7-10H2/t13-,14-,15-,16+,19?/m0/s1. The Morgan fingerprint density at radius 1 is 1.20 bits per heavy atom. The molecule has 0 bridgehead atoms. The molecule has 1 aromatic rings. The van der Waals surface area contributed by atoms with Crippen molar-refractivity contribution in [1.82, 2.24) is 10.2 Å². The molecule has 3 aliphatic rings. The average molecular weight is 421 g/mol. The van der Waals surface area contributed by atoms with Crippen molar-refractivity contribution in [3.8, 4) is 12.1 Å². The Kier molecular flexibility index (Phi) is 5.07. The van der Waals surface area contributed by atoms with Gasteiger partial charge in [-0.2, -0.15) is 23.7 Å². The lowest BCUT2D eigenvalue weighted by molar-refractivity contribution is -0.137. The van der Waals surface area contributed by atoms with Crippen LogP contribution >= 0.6 is 0 Å². The summed E-state index contributed by atoms with van der Waals surface area (Å²) in [6, 6.07) is 6.34. The van der Waals surface area contributed by atoms with Crippen LogP contribution in [0.1, 0.15) is 17.5 Å². The van der Waals surface area contributed by atoms with Gasteiger partial charge >= 0.3 is 6.18 Å². The molecule has 4 rings (SSSR count). The van der Waals surface area contributed by atoms with Gasteiger partial charge in [-0.1, -0.05) is 0 Å². The molecule has 0 aromatic heterocycles. The predicted octanol–water partition coefficient (Wildman–Crippen LogP) is 2.06. The average Bonchev–Trinajstić information content (AvgIpc) is 3.04. The van der Waals surface area contributed by atoms with Crippen LogP contribution in [0.25, 0.3) is 0 Å². The van der Waals surface area contributed by atoms with E-state index in [1.807, 2.05) is 17.0 Å². The Morgan fingerprint density at radius 3 is 2.50 bits per heavy atom. The van der Waals surface area contributed by atoms with Crippen molar-refractivity contribution in [2.45, 2.75) is 30.9 Å². The van der Waals surface area contributed by atoms with Gasteiger partial charge in [0.05, 0.1) is 36.0 Å². The molecule has 1 unspecified atom stereocenters. The number of nitrogens with one attached hydrogen (secondary N) is 1. The number of nitriles is 2. The van der Waals surface area contributed by atoms with E-state index in [2.05, 4.69) is 5.32 Å². The van der Waals surface area contributed by atoms with Crippen LogP contribution in [0.15, 0.2) is 18.2 Å². The topological polar surface area (TPSA) is 83.2 Å². The molecule has 10 heteroatoms. The number of carbonyl (C=O) groups excluding carboxylic acids is 1. The number of rotatable bonds is 4. The molecule has 6 nitrogen and oxygen atoms in total. The van der Waals surface area contributed by atoms with E-state index in [4.69, 9.17) is 5.26 Å². The first-order chi connectivity index (χ1) is 14.2. The maximum absolute atomic E-state index is 13.5. The fraction of sp³-hybridized carbons (Fsp3) is 0.550. The summed E-state index contributed by atoms with van der Waals surface area (Å²) in [6.45, 7) is 1.11. The second kappa shape index (κ2) is 7.44. The molecule has 1 aliphatic carbocycles.